The number of ether oxygens (including phenoxy) is 1. The molecule has 0 radical (unpaired) electrons. The van der Waals surface area contributed by atoms with E-state index in [1.165, 1.54) is 25.8 Å². The minimum absolute atomic E-state index is 0.306. The van der Waals surface area contributed by atoms with Crippen molar-refractivity contribution in [1.82, 2.24) is 10.6 Å². The van der Waals surface area contributed by atoms with Crippen LogP contribution in [0.15, 0.2) is 0 Å². The molecule has 102 valence electrons. The summed E-state index contributed by atoms with van der Waals surface area (Å²) in [6.45, 7) is 8.95. The SMILES string of the molecule is CC(C)(C)OC(O)NCCC[C@H]1CCCNC1. The summed E-state index contributed by atoms with van der Waals surface area (Å²) in [4.78, 5) is 0. The number of aliphatic hydroxyl groups excluding tert-OH is 1. The minimum Gasteiger partial charge on any atom is -0.356 e. The van der Waals surface area contributed by atoms with Crippen molar-refractivity contribution in [3.63, 3.8) is 0 Å². The predicted molar refractivity (Wildman–Crippen MR) is 69.7 cm³/mol. The molecule has 0 saturated carbocycles. The third kappa shape index (κ3) is 7.71. The molecule has 1 aliphatic heterocycles. The molecule has 1 rings (SSSR count). The maximum absolute atomic E-state index is 9.58. The van der Waals surface area contributed by atoms with Crippen LogP contribution in [0.2, 0.25) is 0 Å². The monoisotopic (exact) mass is 244 g/mol. The van der Waals surface area contributed by atoms with E-state index in [9.17, 15) is 5.11 Å². The molecule has 17 heavy (non-hydrogen) atoms. The van der Waals surface area contributed by atoms with E-state index in [4.69, 9.17) is 4.74 Å². The number of rotatable bonds is 6. The van der Waals surface area contributed by atoms with Gasteiger partial charge in [0.15, 0.2) is 0 Å². The van der Waals surface area contributed by atoms with Crippen molar-refractivity contribution in [1.29, 1.82) is 0 Å². The summed E-state index contributed by atoms with van der Waals surface area (Å²) in [6.07, 6.45) is 4.11. The molecule has 1 heterocycles. The third-order valence-electron chi connectivity index (χ3n) is 2.97. The zero-order valence-electron chi connectivity index (χ0n) is 11.5. The lowest BCUT2D eigenvalue weighted by molar-refractivity contribution is -0.181. The van der Waals surface area contributed by atoms with Crippen LogP contribution in [0.5, 0.6) is 0 Å². The van der Waals surface area contributed by atoms with Gasteiger partial charge in [0.05, 0.1) is 5.60 Å². The van der Waals surface area contributed by atoms with Crippen LogP contribution in [-0.2, 0) is 4.74 Å². The summed E-state index contributed by atoms with van der Waals surface area (Å²) in [7, 11) is 0. The van der Waals surface area contributed by atoms with Gasteiger partial charge in [-0.2, -0.15) is 0 Å². The van der Waals surface area contributed by atoms with E-state index in [0.29, 0.717) is 0 Å². The molecule has 1 fully saturated rings. The van der Waals surface area contributed by atoms with Gasteiger partial charge < -0.3 is 15.2 Å². The summed E-state index contributed by atoms with van der Waals surface area (Å²) < 4.78 is 5.36. The number of aliphatic hydroxyl groups is 1. The van der Waals surface area contributed by atoms with Gasteiger partial charge in [0.25, 0.3) is 0 Å². The first-order valence-electron chi connectivity index (χ1n) is 6.77. The van der Waals surface area contributed by atoms with Crippen molar-refractivity contribution in [2.45, 2.75) is 58.5 Å². The van der Waals surface area contributed by atoms with Crippen molar-refractivity contribution in [2.75, 3.05) is 19.6 Å². The lowest BCUT2D eigenvalue weighted by atomic mass is 9.95. The van der Waals surface area contributed by atoms with Gasteiger partial charge in [-0.25, -0.2) is 0 Å². The van der Waals surface area contributed by atoms with Gasteiger partial charge in [0, 0.05) is 0 Å². The normalized spacial score (nSPS) is 23.6. The zero-order valence-corrected chi connectivity index (χ0v) is 11.5. The van der Waals surface area contributed by atoms with Crippen LogP contribution in [0, 0.1) is 5.92 Å². The second-order valence-corrected chi connectivity index (χ2v) is 5.89. The van der Waals surface area contributed by atoms with Crippen molar-refractivity contribution in [3.8, 4) is 0 Å². The van der Waals surface area contributed by atoms with Crippen LogP contribution >= 0.6 is 0 Å². The molecule has 4 nitrogen and oxygen atoms in total. The fraction of sp³-hybridized carbons (Fsp3) is 1.00. The highest BCUT2D eigenvalue weighted by molar-refractivity contribution is 4.69. The van der Waals surface area contributed by atoms with Crippen LogP contribution in [0.25, 0.3) is 0 Å². The average Bonchev–Trinajstić information content (AvgIpc) is 2.23. The molecule has 0 spiro atoms. The second-order valence-electron chi connectivity index (χ2n) is 5.89. The van der Waals surface area contributed by atoms with Crippen LogP contribution in [0.3, 0.4) is 0 Å². The molecule has 1 saturated heterocycles. The number of piperidine rings is 1. The molecule has 4 heteroatoms. The maximum atomic E-state index is 9.58. The molecular weight excluding hydrogens is 216 g/mol. The summed E-state index contributed by atoms with van der Waals surface area (Å²) in [5.74, 6) is 0.811. The van der Waals surface area contributed by atoms with E-state index in [1.807, 2.05) is 20.8 Å². The van der Waals surface area contributed by atoms with Crippen LogP contribution in [0.1, 0.15) is 46.5 Å². The molecule has 0 bridgehead atoms. The van der Waals surface area contributed by atoms with E-state index >= 15 is 0 Å². The molecule has 1 unspecified atom stereocenters. The molecular formula is C13H28N2O2. The number of hydrogen-bond donors (Lipinski definition) is 3. The molecule has 2 atom stereocenters. The first-order chi connectivity index (χ1) is 7.97. The van der Waals surface area contributed by atoms with Gasteiger partial charge in [-0.15, -0.1) is 0 Å². The van der Waals surface area contributed by atoms with Gasteiger partial charge >= 0.3 is 0 Å². The van der Waals surface area contributed by atoms with E-state index < -0.39 is 6.41 Å². The van der Waals surface area contributed by atoms with E-state index in [1.54, 1.807) is 0 Å². The fourth-order valence-electron chi connectivity index (χ4n) is 2.16. The van der Waals surface area contributed by atoms with Gasteiger partial charge in [0.1, 0.15) is 0 Å². The molecule has 1 aliphatic rings. The average molecular weight is 244 g/mol. The largest absolute Gasteiger partial charge is 0.356 e. The molecule has 0 aliphatic carbocycles. The Kier molecular flexibility index (Phi) is 6.41. The van der Waals surface area contributed by atoms with Crippen molar-refractivity contribution in [2.24, 2.45) is 5.92 Å². The zero-order chi connectivity index (χ0) is 12.7. The number of nitrogens with one attached hydrogen (secondary N) is 2. The fourth-order valence-corrected chi connectivity index (χ4v) is 2.16. The van der Waals surface area contributed by atoms with Crippen LogP contribution in [-0.4, -0.2) is 36.8 Å². The Hall–Kier alpha value is -0.160. The Balaban J connectivity index is 1.99. The van der Waals surface area contributed by atoms with Crippen LogP contribution < -0.4 is 10.6 Å². The van der Waals surface area contributed by atoms with Gasteiger partial charge in [-0.05, 0) is 72.0 Å². The van der Waals surface area contributed by atoms with Gasteiger partial charge in [0.2, 0.25) is 6.41 Å². The first kappa shape index (κ1) is 14.9. The molecule has 0 aromatic carbocycles. The highest BCUT2D eigenvalue weighted by atomic mass is 16.6. The minimum atomic E-state index is -0.848. The number of hydrogen-bond acceptors (Lipinski definition) is 4. The quantitative estimate of drug-likeness (QED) is 0.489. The summed E-state index contributed by atoms with van der Waals surface area (Å²) in [6, 6.07) is 0. The predicted octanol–water partition coefficient (Wildman–Crippen LogP) is 1.45. The second kappa shape index (κ2) is 7.31. The highest BCUT2D eigenvalue weighted by Crippen LogP contribution is 2.15. The molecule has 0 aromatic heterocycles. The Morgan fingerprint density at radius 1 is 1.47 bits per heavy atom. The molecule has 0 aromatic rings. The standard InChI is InChI=1S/C13H28N2O2/c1-13(2,3)17-12(16)15-9-5-7-11-6-4-8-14-10-11/h11-12,14-16H,4-10H2,1-3H3/t11-,12?/m1/s1. The van der Waals surface area contributed by atoms with Gasteiger partial charge in [-0.3, -0.25) is 5.32 Å². The summed E-state index contributed by atoms with van der Waals surface area (Å²) >= 11 is 0. The lowest BCUT2D eigenvalue weighted by Crippen LogP contribution is -2.38. The summed E-state index contributed by atoms with van der Waals surface area (Å²) in [5.41, 5.74) is -0.306. The van der Waals surface area contributed by atoms with E-state index in [2.05, 4.69) is 10.6 Å². The van der Waals surface area contributed by atoms with Crippen molar-refractivity contribution < 1.29 is 9.84 Å². The topological polar surface area (TPSA) is 53.5 Å². The Morgan fingerprint density at radius 2 is 2.24 bits per heavy atom. The smallest absolute Gasteiger partial charge is 0.214 e. The van der Waals surface area contributed by atoms with Gasteiger partial charge in [-0.1, -0.05) is 0 Å². The lowest BCUT2D eigenvalue weighted by Gasteiger charge is -2.25. The van der Waals surface area contributed by atoms with Crippen molar-refractivity contribution >= 4 is 0 Å². The molecule has 3 N–H and O–H groups in total. The Morgan fingerprint density at radius 3 is 2.82 bits per heavy atom. The van der Waals surface area contributed by atoms with Crippen molar-refractivity contribution in [3.05, 3.63) is 0 Å². The Labute approximate surface area is 105 Å². The highest BCUT2D eigenvalue weighted by Gasteiger charge is 2.16. The summed E-state index contributed by atoms with van der Waals surface area (Å²) in [5, 5.41) is 16.0. The van der Waals surface area contributed by atoms with Crippen LogP contribution in [0.4, 0.5) is 0 Å². The maximum Gasteiger partial charge on any atom is 0.214 e. The van der Waals surface area contributed by atoms with E-state index in [0.717, 1.165) is 25.4 Å². The van der Waals surface area contributed by atoms with E-state index in [-0.39, 0.29) is 5.60 Å². The third-order valence-corrected chi connectivity index (χ3v) is 2.97. The molecule has 0 amide bonds. The first-order valence-corrected chi connectivity index (χ1v) is 6.77. The Bertz CT molecular complexity index is 198.